The number of halogens is 2. The fourth-order valence-corrected chi connectivity index (χ4v) is 3.62. The number of ether oxygens (including phenoxy) is 1. The van der Waals surface area contributed by atoms with Gasteiger partial charge in [-0.3, -0.25) is 4.79 Å². The zero-order chi connectivity index (χ0) is 22.5. The highest BCUT2D eigenvalue weighted by Crippen LogP contribution is 2.34. The number of hydrazone groups is 1. The van der Waals surface area contributed by atoms with E-state index in [4.69, 9.17) is 32.4 Å². The predicted octanol–water partition coefficient (Wildman–Crippen LogP) is 5.95. The molecule has 0 bridgehead atoms. The molecule has 0 aliphatic heterocycles. The molecule has 1 aromatic heterocycles. The van der Waals surface area contributed by atoms with Gasteiger partial charge in [-0.1, -0.05) is 59.6 Å². The van der Waals surface area contributed by atoms with Gasteiger partial charge in [-0.05, 0) is 35.9 Å². The van der Waals surface area contributed by atoms with Gasteiger partial charge in [0.25, 0.3) is 0 Å². The van der Waals surface area contributed by atoms with Crippen LogP contribution in [0.4, 0.5) is 0 Å². The summed E-state index contributed by atoms with van der Waals surface area (Å²) in [6.45, 7) is 0.143. The number of benzene rings is 3. The van der Waals surface area contributed by atoms with Crippen LogP contribution in [-0.2, 0) is 6.61 Å². The number of para-hydroxylation sites is 1. The first-order valence-electron chi connectivity index (χ1n) is 9.47. The summed E-state index contributed by atoms with van der Waals surface area (Å²) in [4.78, 5) is 12.3. The Hall–Kier alpha value is -3.79. The van der Waals surface area contributed by atoms with Gasteiger partial charge in [0.15, 0.2) is 11.5 Å². The molecular weight excluding hydrogens is 449 g/mol. The van der Waals surface area contributed by atoms with Gasteiger partial charge in [0.1, 0.15) is 12.2 Å². The number of carbonyl (C=O) groups excluding carboxylic acids is 1. The second-order valence-electron chi connectivity index (χ2n) is 6.72. The number of hydrogen-bond acceptors (Lipinski definition) is 5. The highest BCUT2D eigenvalue weighted by atomic mass is 35.5. The summed E-state index contributed by atoms with van der Waals surface area (Å²) >= 11 is 12.6. The van der Waals surface area contributed by atoms with Crippen LogP contribution in [0.2, 0.25) is 10.0 Å². The molecule has 0 radical (unpaired) electrons. The molecule has 0 aliphatic carbocycles. The summed E-state index contributed by atoms with van der Waals surface area (Å²) < 4.78 is 11.2. The van der Waals surface area contributed by atoms with E-state index in [1.807, 2.05) is 24.3 Å². The van der Waals surface area contributed by atoms with Crippen LogP contribution < -0.4 is 10.2 Å². The monoisotopic (exact) mass is 463 g/mol. The molecular formula is C24H15Cl2N3O3. The SMILES string of the molecule is N#Cc1ccccc1COc1c(Cl)cc(C=NNC(=O)c2cc3ccccc3o2)cc1Cl. The molecule has 1 heterocycles. The fraction of sp³-hybridized carbons (Fsp3) is 0.0417. The van der Waals surface area contributed by atoms with Gasteiger partial charge in [0.05, 0.1) is 27.9 Å². The van der Waals surface area contributed by atoms with Crippen LogP contribution in [0.25, 0.3) is 11.0 Å². The van der Waals surface area contributed by atoms with E-state index in [2.05, 4.69) is 16.6 Å². The van der Waals surface area contributed by atoms with Crippen molar-refractivity contribution in [3.63, 3.8) is 0 Å². The quantitative estimate of drug-likeness (QED) is 0.282. The molecule has 158 valence electrons. The molecule has 4 rings (SSSR count). The lowest BCUT2D eigenvalue weighted by Gasteiger charge is -2.11. The van der Waals surface area contributed by atoms with Gasteiger partial charge in [0, 0.05) is 10.9 Å². The van der Waals surface area contributed by atoms with Crippen molar-refractivity contribution in [1.29, 1.82) is 5.26 Å². The van der Waals surface area contributed by atoms with E-state index < -0.39 is 5.91 Å². The third-order valence-corrected chi connectivity index (χ3v) is 5.12. The molecule has 0 atom stereocenters. The molecule has 0 aliphatic rings. The normalized spacial score (nSPS) is 10.9. The molecule has 1 N–H and O–H groups in total. The van der Waals surface area contributed by atoms with Gasteiger partial charge < -0.3 is 9.15 Å². The predicted molar refractivity (Wildman–Crippen MR) is 123 cm³/mol. The molecule has 0 saturated heterocycles. The molecule has 32 heavy (non-hydrogen) atoms. The van der Waals surface area contributed by atoms with E-state index in [9.17, 15) is 10.1 Å². The highest BCUT2D eigenvalue weighted by Gasteiger charge is 2.12. The molecule has 0 spiro atoms. The second-order valence-corrected chi connectivity index (χ2v) is 7.53. The van der Waals surface area contributed by atoms with Crippen molar-refractivity contribution >= 4 is 46.3 Å². The average molecular weight is 464 g/mol. The van der Waals surface area contributed by atoms with Gasteiger partial charge in [0.2, 0.25) is 0 Å². The molecule has 0 saturated carbocycles. The van der Waals surface area contributed by atoms with Crippen LogP contribution in [0.5, 0.6) is 5.75 Å². The Morgan fingerprint density at radius 2 is 1.81 bits per heavy atom. The number of carbonyl (C=O) groups is 1. The smallest absolute Gasteiger partial charge is 0.307 e. The first-order chi connectivity index (χ1) is 15.5. The maximum absolute atomic E-state index is 12.3. The maximum Gasteiger partial charge on any atom is 0.307 e. The Morgan fingerprint density at radius 3 is 2.56 bits per heavy atom. The van der Waals surface area contributed by atoms with Crippen LogP contribution in [-0.4, -0.2) is 12.1 Å². The van der Waals surface area contributed by atoms with Crippen LogP contribution in [0.15, 0.2) is 76.2 Å². The lowest BCUT2D eigenvalue weighted by atomic mass is 10.1. The number of nitrogens with zero attached hydrogens (tertiary/aromatic N) is 2. The summed E-state index contributed by atoms with van der Waals surface area (Å²) in [5.74, 6) is -0.0314. The van der Waals surface area contributed by atoms with Crippen molar-refractivity contribution in [2.24, 2.45) is 5.10 Å². The Balaban J connectivity index is 1.42. The minimum Gasteiger partial charge on any atom is -0.486 e. The van der Waals surface area contributed by atoms with Crippen molar-refractivity contribution in [1.82, 2.24) is 5.43 Å². The average Bonchev–Trinajstić information content (AvgIpc) is 3.23. The first kappa shape index (κ1) is 21.4. The molecule has 0 fully saturated rings. The van der Waals surface area contributed by atoms with E-state index in [0.717, 1.165) is 10.9 Å². The number of furan rings is 1. The number of fused-ring (bicyclic) bond motifs is 1. The summed E-state index contributed by atoms with van der Waals surface area (Å²) in [7, 11) is 0. The van der Waals surface area contributed by atoms with E-state index in [1.165, 1.54) is 6.21 Å². The van der Waals surface area contributed by atoms with Crippen LogP contribution in [0.3, 0.4) is 0 Å². The minimum atomic E-state index is -0.481. The maximum atomic E-state index is 12.3. The van der Waals surface area contributed by atoms with Crippen molar-refractivity contribution in [3.8, 4) is 11.8 Å². The van der Waals surface area contributed by atoms with Crippen LogP contribution in [0, 0.1) is 11.3 Å². The van der Waals surface area contributed by atoms with E-state index in [1.54, 1.807) is 42.5 Å². The van der Waals surface area contributed by atoms with Gasteiger partial charge in [-0.2, -0.15) is 10.4 Å². The van der Waals surface area contributed by atoms with Crippen molar-refractivity contribution < 1.29 is 13.9 Å². The lowest BCUT2D eigenvalue weighted by molar-refractivity contribution is 0.0929. The minimum absolute atomic E-state index is 0.143. The summed E-state index contributed by atoms with van der Waals surface area (Å²) in [5.41, 5.74) is 4.83. The molecule has 8 heteroatoms. The summed E-state index contributed by atoms with van der Waals surface area (Å²) in [6, 6.07) is 21.4. The summed E-state index contributed by atoms with van der Waals surface area (Å²) in [5, 5.41) is 14.5. The van der Waals surface area contributed by atoms with Crippen molar-refractivity contribution in [2.75, 3.05) is 0 Å². The van der Waals surface area contributed by atoms with Gasteiger partial charge >= 0.3 is 5.91 Å². The topological polar surface area (TPSA) is 87.6 Å². The lowest BCUT2D eigenvalue weighted by Crippen LogP contribution is -2.16. The van der Waals surface area contributed by atoms with Gasteiger partial charge in [-0.25, -0.2) is 5.43 Å². The van der Waals surface area contributed by atoms with E-state index in [0.29, 0.717) is 22.5 Å². The van der Waals surface area contributed by atoms with E-state index >= 15 is 0 Å². The van der Waals surface area contributed by atoms with Crippen LogP contribution in [0.1, 0.15) is 27.2 Å². The number of amides is 1. The summed E-state index contributed by atoms with van der Waals surface area (Å²) in [6.07, 6.45) is 1.41. The Kier molecular flexibility index (Phi) is 6.41. The van der Waals surface area contributed by atoms with Crippen molar-refractivity contribution in [2.45, 2.75) is 6.61 Å². The number of rotatable bonds is 6. The first-order valence-corrected chi connectivity index (χ1v) is 10.2. The number of nitrogens with one attached hydrogen (secondary N) is 1. The Bertz CT molecular complexity index is 1320. The standard InChI is InChI=1S/C24H15Cl2N3O3/c25-19-9-15(10-20(26)23(19)31-14-18-7-2-1-6-17(18)12-27)13-28-29-24(30)22-11-16-5-3-4-8-21(16)32-22/h1-11,13H,14H2,(H,29,30). The zero-order valence-electron chi connectivity index (χ0n) is 16.5. The highest BCUT2D eigenvalue weighted by molar-refractivity contribution is 6.37. The van der Waals surface area contributed by atoms with Crippen LogP contribution >= 0.6 is 23.2 Å². The largest absolute Gasteiger partial charge is 0.486 e. The van der Waals surface area contributed by atoms with Gasteiger partial charge in [-0.15, -0.1) is 0 Å². The Morgan fingerprint density at radius 1 is 1.09 bits per heavy atom. The number of hydrogen-bond donors (Lipinski definition) is 1. The van der Waals surface area contributed by atoms with Crippen molar-refractivity contribution in [3.05, 3.63) is 99.2 Å². The molecule has 4 aromatic rings. The molecule has 6 nitrogen and oxygen atoms in total. The zero-order valence-corrected chi connectivity index (χ0v) is 18.0. The fourth-order valence-electron chi connectivity index (χ4n) is 3.01. The van der Waals surface area contributed by atoms with E-state index in [-0.39, 0.29) is 22.4 Å². The Labute approximate surface area is 193 Å². The molecule has 0 unspecified atom stereocenters. The molecule has 3 aromatic carbocycles. The third-order valence-electron chi connectivity index (χ3n) is 4.56. The number of nitriles is 1. The third kappa shape index (κ3) is 4.75. The molecule has 1 amide bonds. The second kappa shape index (κ2) is 9.56.